The van der Waals surface area contributed by atoms with Gasteiger partial charge in [0.05, 0.1) is 16.4 Å². The van der Waals surface area contributed by atoms with Crippen LogP contribution in [0.25, 0.3) is 5.70 Å². The average Bonchev–Trinajstić information content (AvgIpc) is 2.92. The van der Waals surface area contributed by atoms with Crippen molar-refractivity contribution in [2.45, 2.75) is 45.2 Å². The molecule has 9 heteroatoms. The number of ether oxygens (including phenoxy) is 1. The van der Waals surface area contributed by atoms with Gasteiger partial charge in [0.1, 0.15) is 11.5 Å². The Kier molecular flexibility index (Phi) is 8.95. The monoisotopic (exact) mass is 540 g/mol. The zero-order valence-corrected chi connectivity index (χ0v) is 23.3. The number of likely N-dealkylation sites (tertiary alicyclic amines) is 1. The van der Waals surface area contributed by atoms with E-state index < -0.39 is 5.82 Å². The largest absolute Gasteiger partial charge is 0.422 e. The van der Waals surface area contributed by atoms with Crippen LogP contribution >= 0.6 is 11.6 Å². The van der Waals surface area contributed by atoms with Gasteiger partial charge >= 0.3 is 0 Å². The van der Waals surface area contributed by atoms with Crippen LogP contribution in [0.1, 0.15) is 43.1 Å². The normalized spacial score (nSPS) is 19.5. The fourth-order valence-electron chi connectivity index (χ4n) is 5.60. The highest BCUT2D eigenvalue weighted by Gasteiger charge is 2.34. The number of piperidine rings is 1. The molecule has 1 aromatic heterocycles. The zero-order chi connectivity index (χ0) is 27.4. The minimum absolute atomic E-state index is 0.0880. The summed E-state index contributed by atoms with van der Waals surface area (Å²) in [5, 5.41) is 0.137. The van der Waals surface area contributed by atoms with E-state index in [1.807, 2.05) is 19.1 Å². The number of aromatic nitrogens is 1. The second-order valence-electron chi connectivity index (χ2n) is 9.94. The number of hydrogen-bond donors (Lipinski definition) is 1. The smallest absolute Gasteiger partial charge is 0.242 e. The van der Waals surface area contributed by atoms with Crippen molar-refractivity contribution >= 4 is 28.9 Å². The highest BCUT2D eigenvalue weighted by molar-refractivity contribution is 6.30. The summed E-state index contributed by atoms with van der Waals surface area (Å²) in [6.07, 6.45) is 3.20. The SMILES string of the molecule is C=C(N)O/C(=N\C)c1ccc(N2CCN(C3CCN(C(=C)c4ccc(Cl)c(F)c4)CC3)[C@@H](CC)C2)c(C)n1. The Morgan fingerprint density at radius 2 is 1.92 bits per heavy atom. The second kappa shape index (κ2) is 12.2. The summed E-state index contributed by atoms with van der Waals surface area (Å²) < 4.78 is 19.4. The van der Waals surface area contributed by atoms with Crippen LogP contribution in [0.2, 0.25) is 5.02 Å². The van der Waals surface area contributed by atoms with E-state index >= 15 is 0 Å². The van der Waals surface area contributed by atoms with E-state index in [-0.39, 0.29) is 10.9 Å². The number of anilines is 1. The van der Waals surface area contributed by atoms with Gasteiger partial charge < -0.3 is 20.3 Å². The Bertz CT molecular complexity index is 1210. The van der Waals surface area contributed by atoms with Gasteiger partial charge in [-0.05, 0) is 57.0 Å². The fraction of sp³-hybridized carbons (Fsp3) is 0.448. The lowest BCUT2D eigenvalue weighted by Gasteiger charge is -2.48. The molecule has 4 rings (SSSR count). The highest BCUT2D eigenvalue weighted by Crippen LogP contribution is 2.30. The highest BCUT2D eigenvalue weighted by atomic mass is 35.5. The standard InChI is InChI=1S/C29H38ClFN6O/c1-6-23-18-36(28-10-9-27(34-19(28)2)29(33-5)38-21(4)32)15-16-37(23)24-11-13-35(14-12-24)20(3)22-7-8-25(30)26(31)17-22/h7-10,17,23-24H,3-4,6,11-16,18,32H2,1-2,5H3/b33-29-/t23-/m0/s1. The molecule has 0 bridgehead atoms. The van der Waals surface area contributed by atoms with Gasteiger partial charge in [-0.2, -0.15) is 0 Å². The molecule has 2 aromatic rings. The van der Waals surface area contributed by atoms with Gasteiger partial charge in [0.2, 0.25) is 5.90 Å². The molecule has 2 N–H and O–H groups in total. The zero-order valence-electron chi connectivity index (χ0n) is 22.6. The number of hydrogen-bond acceptors (Lipinski definition) is 7. The summed E-state index contributed by atoms with van der Waals surface area (Å²) in [6.45, 7) is 16.8. The van der Waals surface area contributed by atoms with Crippen LogP contribution in [0.4, 0.5) is 10.1 Å². The average molecular weight is 541 g/mol. The molecule has 2 aliphatic rings. The van der Waals surface area contributed by atoms with Gasteiger partial charge in [-0.15, -0.1) is 0 Å². The van der Waals surface area contributed by atoms with Crippen molar-refractivity contribution in [3.8, 4) is 0 Å². The fourth-order valence-corrected chi connectivity index (χ4v) is 5.72. The Morgan fingerprint density at radius 3 is 2.53 bits per heavy atom. The summed E-state index contributed by atoms with van der Waals surface area (Å²) in [5.41, 5.74) is 9.95. The number of piperazine rings is 1. The molecular formula is C29H38ClFN6O. The summed E-state index contributed by atoms with van der Waals surface area (Å²) in [7, 11) is 1.64. The van der Waals surface area contributed by atoms with Gasteiger partial charge in [0.25, 0.3) is 0 Å². The van der Waals surface area contributed by atoms with E-state index in [0.717, 1.165) is 74.6 Å². The maximum absolute atomic E-state index is 14.0. The van der Waals surface area contributed by atoms with Crippen molar-refractivity contribution in [2.24, 2.45) is 10.7 Å². The predicted molar refractivity (Wildman–Crippen MR) is 154 cm³/mol. The van der Waals surface area contributed by atoms with Gasteiger partial charge in [-0.25, -0.2) is 9.37 Å². The molecule has 0 spiro atoms. The van der Waals surface area contributed by atoms with Gasteiger partial charge in [0.15, 0.2) is 5.88 Å². The summed E-state index contributed by atoms with van der Waals surface area (Å²) >= 11 is 5.86. The van der Waals surface area contributed by atoms with Crippen LogP contribution in [-0.4, -0.2) is 72.5 Å². The van der Waals surface area contributed by atoms with Crippen LogP contribution in [0.3, 0.4) is 0 Å². The number of pyridine rings is 1. The summed E-state index contributed by atoms with van der Waals surface area (Å²) in [6, 6.07) is 9.93. The molecule has 38 heavy (non-hydrogen) atoms. The van der Waals surface area contributed by atoms with E-state index in [4.69, 9.17) is 27.1 Å². The van der Waals surface area contributed by atoms with E-state index in [0.29, 0.717) is 23.7 Å². The van der Waals surface area contributed by atoms with E-state index in [1.54, 1.807) is 13.1 Å². The van der Waals surface area contributed by atoms with Crippen molar-refractivity contribution < 1.29 is 9.13 Å². The first-order valence-electron chi connectivity index (χ1n) is 13.2. The lowest BCUT2D eigenvalue weighted by Crippen LogP contribution is -2.58. The number of aryl methyl sites for hydroxylation is 1. The first-order valence-corrected chi connectivity index (χ1v) is 13.6. The summed E-state index contributed by atoms with van der Waals surface area (Å²) in [4.78, 5) is 16.3. The third-order valence-corrected chi connectivity index (χ3v) is 7.92. The molecule has 0 saturated carbocycles. The van der Waals surface area contributed by atoms with Crippen molar-refractivity contribution in [1.29, 1.82) is 0 Å². The van der Waals surface area contributed by atoms with Crippen LogP contribution in [0, 0.1) is 12.7 Å². The van der Waals surface area contributed by atoms with Crippen LogP contribution in [0.5, 0.6) is 0 Å². The number of nitrogens with two attached hydrogens (primary N) is 1. The first kappa shape index (κ1) is 27.9. The second-order valence-corrected chi connectivity index (χ2v) is 10.3. The van der Waals surface area contributed by atoms with Crippen LogP contribution in [0.15, 0.2) is 54.4 Å². The third-order valence-electron chi connectivity index (χ3n) is 7.62. The van der Waals surface area contributed by atoms with Gasteiger partial charge in [-0.1, -0.05) is 31.2 Å². The van der Waals surface area contributed by atoms with Crippen LogP contribution < -0.4 is 10.6 Å². The number of aliphatic imine (C=N–C) groups is 1. The molecule has 0 amide bonds. The molecular weight excluding hydrogens is 503 g/mol. The summed E-state index contributed by atoms with van der Waals surface area (Å²) in [5.74, 6) is 0.0429. The molecule has 2 fully saturated rings. The van der Waals surface area contributed by atoms with Gasteiger partial charge in [-0.3, -0.25) is 9.89 Å². The Labute approximate surface area is 230 Å². The maximum Gasteiger partial charge on any atom is 0.242 e. The molecule has 0 radical (unpaired) electrons. The number of halogens is 2. The Hall–Kier alpha value is -3.10. The number of benzene rings is 1. The minimum atomic E-state index is -0.405. The molecule has 2 saturated heterocycles. The van der Waals surface area contributed by atoms with Crippen molar-refractivity contribution in [3.05, 3.63) is 77.2 Å². The van der Waals surface area contributed by atoms with E-state index in [2.05, 4.69) is 45.8 Å². The molecule has 1 atom stereocenters. The lowest BCUT2D eigenvalue weighted by molar-refractivity contribution is 0.0768. The third kappa shape index (κ3) is 6.13. The maximum atomic E-state index is 14.0. The molecule has 1 aromatic carbocycles. The van der Waals surface area contributed by atoms with Crippen molar-refractivity contribution in [2.75, 3.05) is 44.7 Å². The molecule has 7 nitrogen and oxygen atoms in total. The molecule has 0 unspecified atom stereocenters. The van der Waals surface area contributed by atoms with E-state index in [9.17, 15) is 4.39 Å². The minimum Gasteiger partial charge on any atom is -0.422 e. The number of nitrogens with zero attached hydrogens (tertiary/aromatic N) is 5. The molecule has 2 aliphatic heterocycles. The molecule has 0 aliphatic carbocycles. The molecule has 3 heterocycles. The predicted octanol–water partition coefficient (Wildman–Crippen LogP) is 5.04. The number of rotatable bonds is 7. The molecule has 204 valence electrons. The van der Waals surface area contributed by atoms with Crippen molar-refractivity contribution in [1.82, 2.24) is 14.8 Å². The Balaban J connectivity index is 1.37. The topological polar surface area (TPSA) is 70.2 Å². The van der Waals surface area contributed by atoms with E-state index in [1.165, 1.54) is 6.07 Å². The quantitative estimate of drug-likeness (QED) is 0.301. The van der Waals surface area contributed by atoms with Crippen molar-refractivity contribution in [3.63, 3.8) is 0 Å². The van der Waals surface area contributed by atoms with Crippen LogP contribution in [-0.2, 0) is 4.74 Å². The lowest BCUT2D eigenvalue weighted by atomic mass is 9.97. The first-order chi connectivity index (χ1) is 18.2. The van der Waals surface area contributed by atoms with Gasteiger partial charge in [0, 0.05) is 63.1 Å². The Morgan fingerprint density at radius 1 is 1.18 bits per heavy atom.